The van der Waals surface area contributed by atoms with Crippen molar-refractivity contribution >= 4 is 15.9 Å². The summed E-state index contributed by atoms with van der Waals surface area (Å²) in [4.78, 5) is 0. The molecule has 0 bridgehead atoms. The molecule has 19 heavy (non-hydrogen) atoms. The van der Waals surface area contributed by atoms with Gasteiger partial charge in [-0.1, -0.05) is 29.8 Å². The van der Waals surface area contributed by atoms with Gasteiger partial charge in [-0.2, -0.15) is 0 Å². The van der Waals surface area contributed by atoms with Crippen molar-refractivity contribution in [1.29, 1.82) is 0 Å². The summed E-state index contributed by atoms with van der Waals surface area (Å²) < 4.78 is 19.8. The quantitative estimate of drug-likeness (QED) is 0.692. The van der Waals surface area contributed by atoms with Crippen molar-refractivity contribution in [2.75, 3.05) is 19.8 Å². The van der Waals surface area contributed by atoms with E-state index in [9.17, 15) is 4.39 Å². The highest BCUT2D eigenvalue weighted by Gasteiger charge is 2.11. The molecule has 0 aliphatic carbocycles. The van der Waals surface area contributed by atoms with Gasteiger partial charge in [-0.15, -0.1) is 0 Å². The molecule has 1 N–H and O–H groups in total. The minimum atomic E-state index is -0.185. The van der Waals surface area contributed by atoms with E-state index >= 15 is 0 Å². The van der Waals surface area contributed by atoms with Crippen molar-refractivity contribution in [2.24, 2.45) is 0 Å². The molecular formula is C15H23BrFNO. The fourth-order valence-electron chi connectivity index (χ4n) is 2.00. The van der Waals surface area contributed by atoms with Gasteiger partial charge in [-0.05, 0) is 49.6 Å². The van der Waals surface area contributed by atoms with E-state index < -0.39 is 0 Å². The molecule has 0 radical (unpaired) electrons. The molecule has 2 nitrogen and oxygen atoms in total. The summed E-state index contributed by atoms with van der Waals surface area (Å²) >= 11 is 3.48. The summed E-state index contributed by atoms with van der Waals surface area (Å²) in [6.07, 6.45) is 2.79. The SMILES string of the molecule is CCCOCCC(Cc1cc(F)ccc1Br)NCC. The normalized spacial score (nSPS) is 12.6. The molecule has 108 valence electrons. The highest BCUT2D eigenvalue weighted by Crippen LogP contribution is 2.20. The Morgan fingerprint density at radius 3 is 2.79 bits per heavy atom. The molecule has 0 aromatic heterocycles. The molecule has 0 aliphatic heterocycles. The summed E-state index contributed by atoms with van der Waals surface area (Å²) in [5, 5.41) is 3.43. The summed E-state index contributed by atoms with van der Waals surface area (Å²) in [7, 11) is 0. The van der Waals surface area contributed by atoms with Crippen molar-refractivity contribution in [3.05, 3.63) is 34.1 Å². The van der Waals surface area contributed by atoms with Crippen molar-refractivity contribution in [3.8, 4) is 0 Å². The van der Waals surface area contributed by atoms with Crippen LogP contribution in [0.2, 0.25) is 0 Å². The van der Waals surface area contributed by atoms with E-state index in [2.05, 4.69) is 35.1 Å². The lowest BCUT2D eigenvalue weighted by atomic mass is 10.0. The summed E-state index contributed by atoms with van der Waals surface area (Å²) in [5.74, 6) is -0.185. The average Bonchev–Trinajstić information content (AvgIpc) is 2.39. The number of nitrogens with one attached hydrogen (secondary N) is 1. The Balaban J connectivity index is 2.54. The predicted molar refractivity (Wildman–Crippen MR) is 81.0 cm³/mol. The second-order valence-corrected chi connectivity index (χ2v) is 5.45. The summed E-state index contributed by atoms with van der Waals surface area (Å²) in [6.45, 7) is 6.65. The van der Waals surface area contributed by atoms with Crippen LogP contribution in [0.4, 0.5) is 4.39 Å². The average molecular weight is 332 g/mol. The highest BCUT2D eigenvalue weighted by molar-refractivity contribution is 9.10. The maximum Gasteiger partial charge on any atom is 0.123 e. The van der Waals surface area contributed by atoms with Gasteiger partial charge in [0.15, 0.2) is 0 Å². The lowest BCUT2D eigenvalue weighted by Crippen LogP contribution is -2.32. The standard InChI is InChI=1S/C15H23BrFNO/c1-3-8-19-9-7-14(18-4-2)11-12-10-13(17)5-6-15(12)16/h5-6,10,14,18H,3-4,7-9,11H2,1-2H3. The van der Waals surface area contributed by atoms with E-state index in [1.165, 1.54) is 6.07 Å². The second-order valence-electron chi connectivity index (χ2n) is 4.60. The van der Waals surface area contributed by atoms with E-state index in [0.717, 1.165) is 49.1 Å². The molecule has 0 saturated heterocycles. The Hall–Kier alpha value is -0.450. The molecule has 0 aliphatic rings. The molecule has 1 atom stereocenters. The lowest BCUT2D eigenvalue weighted by Gasteiger charge is -2.18. The maximum absolute atomic E-state index is 13.3. The molecule has 0 heterocycles. The zero-order valence-corrected chi connectivity index (χ0v) is 13.3. The Morgan fingerprint density at radius 1 is 1.32 bits per heavy atom. The Morgan fingerprint density at radius 2 is 2.11 bits per heavy atom. The van der Waals surface area contributed by atoms with Crippen LogP contribution >= 0.6 is 15.9 Å². The molecule has 0 fully saturated rings. The molecule has 1 rings (SSSR count). The Labute approximate surface area is 123 Å². The molecule has 1 aromatic rings. The molecular weight excluding hydrogens is 309 g/mol. The van der Waals surface area contributed by atoms with Gasteiger partial charge in [0.05, 0.1) is 0 Å². The first kappa shape index (κ1) is 16.6. The number of hydrogen-bond acceptors (Lipinski definition) is 2. The largest absolute Gasteiger partial charge is 0.381 e. The van der Waals surface area contributed by atoms with E-state index in [0.29, 0.717) is 6.04 Å². The number of rotatable bonds is 9. The topological polar surface area (TPSA) is 21.3 Å². The van der Waals surface area contributed by atoms with Crippen molar-refractivity contribution in [2.45, 2.75) is 39.2 Å². The number of benzene rings is 1. The molecule has 4 heteroatoms. The molecule has 1 aromatic carbocycles. The van der Waals surface area contributed by atoms with Gasteiger partial charge in [0.2, 0.25) is 0 Å². The first-order chi connectivity index (χ1) is 9.17. The highest BCUT2D eigenvalue weighted by atomic mass is 79.9. The fraction of sp³-hybridized carbons (Fsp3) is 0.600. The van der Waals surface area contributed by atoms with Gasteiger partial charge >= 0.3 is 0 Å². The number of halogens is 2. The Bertz CT molecular complexity index is 373. The van der Waals surface area contributed by atoms with Crippen LogP contribution in [0.15, 0.2) is 22.7 Å². The van der Waals surface area contributed by atoms with Crippen LogP contribution in [0.25, 0.3) is 0 Å². The van der Waals surface area contributed by atoms with Gasteiger partial charge < -0.3 is 10.1 Å². The minimum absolute atomic E-state index is 0.185. The third-order valence-corrected chi connectivity index (χ3v) is 3.70. The van der Waals surface area contributed by atoms with Crippen LogP contribution in [0.1, 0.15) is 32.3 Å². The van der Waals surface area contributed by atoms with E-state index in [4.69, 9.17) is 4.74 Å². The van der Waals surface area contributed by atoms with Gasteiger partial charge in [0.1, 0.15) is 5.82 Å². The zero-order valence-electron chi connectivity index (χ0n) is 11.7. The first-order valence-electron chi connectivity index (χ1n) is 6.92. The number of likely N-dealkylation sites (N-methyl/N-ethyl adjacent to an activating group) is 1. The molecule has 0 amide bonds. The molecule has 0 saturated carbocycles. The van der Waals surface area contributed by atoms with Gasteiger partial charge in [0, 0.05) is 23.7 Å². The van der Waals surface area contributed by atoms with E-state index in [1.54, 1.807) is 12.1 Å². The van der Waals surface area contributed by atoms with E-state index in [-0.39, 0.29) is 5.82 Å². The smallest absolute Gasteiger partial charge is 0.123 e. The summed E-state index contributed by atoms with van der Waals surface area (Å²) in [5.41, 5.74) is 1.00. The predicted octanol–water partition coefficient (Wildman–Crippen LogP) is 3.93. The molecule has 0 spiro atoms. The van der Waals surface area contributed by atoms with Crippen LogP contribution < -0.4 is 5.32 Å². The van der Waals surface area contributed by atoms with Gasteiger partial charge in [0.25, 0.3) is 0 Å². The maximum atomic E-state index is 13.3. The third kappa shape index (κ3) is 6.50. The number of hydrogen-bond donors (Lipinski definition) is 1. The van der Waals surface area contributed by atoms with Gasteiger partial charge in [-0.3, -0.25) is 0 Å². The monoisotopic (exact) mass is 331 g/mol. The van der Waals surface area contributed by atoms with Gasteiger partial charge in [-0.25, -0.2) is 4.39 Å². The minimum Gasteiger partial charge on any atom is -0.381 e. The Kier molecular flexibility index (Phi) is 8.26. The fourth-order valence-corrected chi connectivity index (χ4v) is 2.41. The second kappa shape index (κ2) is 9.45. The van der Waals surface area contributed by atoms with Crippen LogP contribution in [0, 0.1) is 5.82 Å². The van der Waals surface area contributed by atoms with Crippen molar-refractivity contribution in [3.63, 3.8) is 0 Å². The number of ether oxygens (including phenoxy) is 1. The third-order valence-electron chi connectivity index (χ3n) is 2.93. The zero-order chi connectivity index (χ0) is 14.1. The first-order valence-corrected chi connectivity index (χ1v) is 7.71. The lowest BCUT2D eigenvalue weighted by molar-refractivity contribution is 0.124. The van der Waals surface area contributed by atoms with Crippen LogP contribution in [0.5, 0.6) is 0 Å². The van der Waals surface area contributed by atoms with Crippen LogP contribution in [-0.4, -0.2) is 25.8 Å². The van der Waals surface area contributed by atoms with E-state index in [1.807, 2.05) is 0 Å². The van der Waals surface area contributed by atoms with Crippen molar-refractivity contribution in [1.82, 2.24) is 5.32 Å². The van der Waals surface area contributed by atoms with Crippen LogP contribution in [0.3, 0.4) is 0 Å². The van der Waals surface area contributed by atoms with Crippen LogP contribution in [-0.2, 0) is 11.2 Å². The molecule has 1 unspecified atom stereocenters. The van der Waals surface area contributed by atoms with Crippen molar-refractivity contribution < 1.29 is 9.13 Å². The summed E-state index contributed by atoms with van der Waals surface area (Å²) in [6, 6.07) is 5.16.